The molecule has 4 nitrogen and oxygen atoms in total. The molecule has 0 saturated heterocycles. The Balaban J connectivity index is 2.27. The van der Waals surface area contributed by atoms with Gasteiger partial charge in [-0.2, -0.15) is 18.4 Å². The van der Waals surface area contributed by atoms with Gasteiger partial charge in [-0.3, -0.25) is 0 Å². The largest absolute Gasteiger partial charge is 0.433 e. The number of nitrogens with zero attached hydrogens (tertiary/aromatic N) is 4. The van der Waals surface area contributed by atoms with Crippen LogP contribution in [0.3, 0.4) is 0 Å². The lowest BCUT2D eigenvalue weighted by molar-refractivity contribution is -0.141. The van der Waals surface area contributed by atoms with E-state index in [2.05, 4.69) is 9.97 Å². The van der Waals surface area contributed by atoms with E-state index >= 15 is 0 Å². The van der Waals surface area contributed by atoms with Gasteiger partial charge in [0.2, 0.25) is 0 Å². The summed E-state index contributed by atoms with van der Waals surface area (Å²) in [6.45, 7) is 0. The Kier molecular flexibility index (Phi) is 4.23. The van der Waals surface area contributed by atoms with Crippen molar-refractivity contribution in [2.45, 2.75) is 6.18 Å². The molecular weight excluding hydrogens is 353 g/mol. The highest BCUT2D eigenvalue weighted by Gasteiger charge is 2.33. The molecule has 2 heterocycles. The molecule has 0 saturated carbocycles. The number of rotatable bonds is 2. The Morgan fingerprint density at radius 2 is 1.92 bits per heavy atom. The molecule has 0 spiro atoms. The van der Waals surface area contributed by atoms with Gasteiger partial charge in [0, 0.05) is 25.0 Å². The van der Waals surface area contributed by atoms with Crippen LogP contribution in [-0.4, -0.2) is 14.5 Å². The normalized spacial score (nSPS) is 11.4. The monoisotopic (exact) mass is 362 g/mol. The second kappa shape index (κ2) is 6.22. The smallest absolute Gasteiger partial charge is 0.334 e. The van der Waals surface area contributed by atoms with Crippen LogP contribution in [0.1, 0.15) is 11.3 Å². The van der Waals surface area contributed by atoms with Gasteiger partial charge in [-0.05, 0) is 35.4 Å². The number of aromatic nitrogens is 3. The predicted octanol–water partition coefficient (Wildman–Crippen LogP) is 4.69. The quantitative estimate of drug-likeness (QED) is 0.621. The van der Waals surface area contributed by atoms with Crippen molar-refractivity contribution in [2.24, 2.45) is 7.05 Å². The van der Waals surface area contributed by atoms with Gasteiger partial charge in [0.1, 0.15) is 16.7 Å². The topological polar surface area (TPSA) is 54.5 Å². The van der Waals surface area contributed by atoms with Crippen LogP contribution in [0.25, 0.3) is 22.5 Å². The standard InChI is InChI=1S/C17H10ClF3N4/c1-25-5-4-23-16(25)13-6-10(9-22)2-3-12(13)11-7-14(17(19,20)21)24-15(18)8-11/h2-8H,1H3. The van der Waals surface area contributed by atoms with Gasteiger partial charge in [-0.15, -0.1) is 0 Å². The first-order chi connectivity index (χ1) is 11.8. The fourth-order valence-corrected chi connectivity index (χ4v) is 2.68. The Hall–Kier alpha value is -2.85. The highest BCUT2D eigenvalue weighted by atomic mass is 35.5. The van der Waals surface area contributed by atoms with Gasteiger partial charge in [-0.1, -0.05) is 17.7 Å². The van der Waals surface area contributed by atoms with Gasteiger partial charge in [-0.25, -0.2) is 9.97 Å². The summed E-state index contributed by atoms with van der Waals surface area (Å²) in [5, 5.41) is 8.86. The molecule has 0 amide bonds. The zero-order valence-electron chi connectivity index (χ0n) is 12.8. The minimum Gasteiger partial charge on any atom is -0.334 e. The number of pyridine rings is 1. The molecule has 0 aliphatic carbocycles. The molecule has 0 unspecified atom stereocenters. The first-order valence-corrected chi connectivity index (χ1v) is 7.44. The zero-order valence-corrected chi connectivity index (χ0v) is 13.6. The number of aryl methyl sites for hydroxylation is 1. The Morgan fingerprint density at radius 1 is 1.16 bits per heavy atom. The van der Waals surface area contributed by atoms with E-state index in [0.717, 1.165) is 6.07 Å². The van der Waals surface area contributed by atoms with Crippen molar-refractivity contribution < 1.29 is 13.2 Å². The molecule has 2 aromatic heterocycles. The fourth-order valence-electron chi connectivity index (χ4n) is 2.47. The summed E-state index contributed by atoms with van der Waals surface area (Å²) in [5.74, 6) is 0.522. The van der Waals surface area contributed by atoms with Crippen molar-refractivity contribution in [2.75, 3.05) is 0 Å². The van der Waals surface area contributed by atoms with Gasteiger partial charge >= 0.3 is 6.18 Å². The van der Waals surface area contributed by atoms with E-state index in [-0.39, 0.29) is 10.7 Å². The molecule has 0 aliphatic rings. The maximum absolute atomic E-state index is 13.0. The molecule has 0 atom stereocenters. The van der Waals surface area contributed by atoms with Gasteiger partial charge < -0.3 is 4.57 Å². The zero-order chi connectivity index (χ0) is 18.2. The van der Waals surface area contributed by atoms with Crippen LogP contribution < -0.4 is 0 Å². The molecule has 0 N–H and O–H groups in total. The van der Waals surface area contributed by atoms with Crippen molar-refractivity contribution in [3.63, 3.8) is 0 Å². The van der Waals surface area contributed by atoms with E-state index in [1.807, 2.05) is 6.07 Å². The molecule has 25 heavy (non-hydrogen) atoms. The second-order valence-corrected chi connectivity index (χ2v) is 5.68. The number of alkyl halides is 3. The Labute approximate surface area is 146 Å². The van der Waals surface area contributed by atoms with Crippen molar-refractivity contribution in [3.05, 3.63) is 59.1 Å². The number of imidazole rings is 1. The lowest BCUT2D eigenvalue weighted by Crippen LogP contribution is -2.08. The first kappa shape index (κ1) is 17.0. The third kappa shape index (κ3) is 3.35. The van der Waals surface area contributed by atoms with Crippen molar-refractivity contribution in [1.82, 2.24) is 14.5 Å². The second-order valence-electron chi connectivity index (χ2n) is 5.30. The maximum atomic E-state index is 13.0. The van der Waals surface area contributed by atoms with Crippen LogP contribution in [0.4, 0.5) is 13.2 Å². The average Bonchev–Trinajstić information content (AvgIpc) is 2.99. The summed E-state index contributed by atoms with van der Waals surface area (Å²) >= 11 is 5.79. The molecule has 0 bridgehead atoms. The molecule has 0 fully saturated rings. The molecule has 0 aliphatic heterocycles. The van der Waals surface area contributed by atoms with Gasteiger partial charge in [0.05, 0.1) is 11.6 Å². The first-order valence-electron chi connectivity index (χ1n) is 7.06. The third-order valence-corrected chi connectivity index (χ3v) is 3.80. The lowest BCUT2D eigenvalue weighted by Gasteiger charge is -2.13. The Bertz CT molecular complexity index is 986. The molecule has 0 radical (unpaired) electrons. The summed E-state index contributed by atoms with van der Waals surface area (Å²) in [7, 11) is 1.76. The summed E-state index contributed by atoms with van der Waals surface area (Å²) in [6.07, 6.45) is -1.34. The summed E-state index contributed by atoms with van der Waals surface area (Å²) in [4.78, 5) is 7.57. The van der Waals surface area contributed by atoms with Crippen LogP contribution in [0.15, 0.2) is 42.7 Å². The minimum atomic E-state index is -4.62. The molecule has 3 aromatic rings. The molecule has 8 heteroatoms. The number of hydrogen-bond acceptors (Lipinski definition) is 3. The van der Waals surface area contributed by atoms with Crippen LogP contribution in [-0.2, 0) is 13.2 Å². The highest BCUT2D eigenvalue weighted by molar-refractivity contribution is 6.29. The predicted molar refractivity (Wildman–Crippen MR) is 86.6 cm³/mol. The van der Waals surface area contributed by atoms with Crippen LogP contribution in [0, 0.1) is 11.3 Å². The Morgan fingerprint density at radius 3 is 2.52 bits per heavy atom. The van der Waals surface area contributed by atoms with E-state index in [1.54, 1.807) is 36.1 Å². The molecule has 1 aromatic carbocycles. The summed E-state index contributed by atoms with van der Waals surface area (Å²) in [6, 6.07) is 8.99. The van der Waals surface area contributed by atoms with Crippen molar-refractivity contribution in [3.8, 4) is 28.6 Å². The number of hydrogen-bond donors (Lipinski definition) is 0. The van der Waals surface area contributed by atoms with E-state index in [9.17, 15) is 13.2 Å². The lowest BCUT2D eigenvalue weighted by atomic mass is 9.97. The van der Waals surface area contributed by atoms with Crippen molar-refractivity contribution in [1.29, 1.82) is 5.26 Å². The summed E-state index contributed by atoms with van der Waals surface area (Å²) in [5.41, 5.74) is 0.544. The fraction of sp³-hybridized carbons (Fsp3) is 0.118. The minimum absolute atomic E-state index is 0.245. The van der Waals surface area contributed by atoms with Crippen LogP contribution in [0.2, 0.25) is 5.15 Å². The number of benzene rings is 1. The number of halogens is 4. The van der Waals surface area contributed by atoms with E-state index in [4.69, 9.17) is 16.9 Å². The molecule has 126 valence electrons. The van der Waals surface area contributed by atoms with Crippen LogP contribution in [0.5, 0.6) is 0 Å². The van der Waals surface area contributed by atoms with Crippen LogP contribution >= 0.6 is 11.6 Å². The van der Waals surface area contributed by atoms with E-state index in [1.165, 1.54) is 12.1 Å². The van der Waals surface area contributed by atoms with Gasteiger partial charge in [0.15, 0.2) is 0 Å². The highest BCUT2D eigenvalue weighted by Crippen LogP contribution is 2.36. The van der Waals surface area contributed by atoms with E-state index in [0.29, 0.717) is 22.5 Å². The third-order valence-electron chi connectivity index (χ3n) is 3.61. The maximum Gasteiger partial charge on any atom is 0.433 e. The van der Waals surface area contributed by atoms with E-state index < -0.39 is 11.9 Å². The average molecular weight is 363 g/mol. The van der Waals surface area contributed by atoms with Gasteiger partial charge in [0.25, 0.3) is 0 Å². The summed E-state index contributed by atoms with van der Waals surface area (Å²) < 4.78 is 40.8. The SMILES string of the molecule is Cn1ccnc1-c1cc(C#N)ccc1-c1cc(Cl)nc(C(F)(F)F)c1. The number of nitriles is 1. The molecule has 3 rings (SSSR count). The molecular formula is C17H10ClF3N4. The van der Waals surface area contributed by atoms with Crippen molar-refractivity contribution >= 4 is 11.6 Å².